The molecule has 8 aliphatic rings. The molecule has 8 rings (SSSR count). The van der Waals surface area contributed by atoms with Crippen molar-refractivity contribution in [2.24, 2.45) is 35.5 Å². The number of rotatable bonds is 12. The lowest BCUT2D eigenvalue weighted by Gasteiger charge is -2.51. The summed E-state index contributed by atoms with van der Waals surface area (Å²) in [4.78, 5) is 0. The smallest absolute Gasteiger partial charge is 0.0649 e. The van der Waals surface area contributed by atoms with Gasteiger partial charge in [0.2, 0.25) is 0 Å². The van der Waals surface area contributed by atoms with Crippen molar-refractivity contribution in [3.8, 4) is 0 Å². The topological polar surface area (TPSA) is 212 Å². The Labute approximate surface area is 353 Å². The van der Waals surface area contributed by atoms with Crippen molar-refractivity contribution in [3.05, 3.63) is 0 Å². The molecule has 2 saturated heterocycles. The van der Waals surface area contributed by atoms with Crippen LogP contribution in [0.3, 0.4) is 0 Å². The van der Waals surface area contributed by atoms with Crippen molar-refractivity contribution >= 4 is 0 Å². The molecule has 0 aromatic rings. The molecule has 0 bridgehead atoms. The highest BCUT2D eigenvalue weighted by molar-refractivity contribution is 5.01. The first kappa shape index (κ1) is 45.0. The predicted octanol–water partition coefficient (Wildman–Crippen LogP) is 2.19. The molecule has 0 spiro atoms. The summed E-state index contributed by atoms with van der Waals surface area (Å²) in [5, 5.41) is 89.5. The third-order valence-electron chi connectivity index (χ3n) is 16.5. The highest BCUT2D eigenvalue weighted by Crippen LogP contribution is 2.37. The van der Waals surface area contributed by atoms with Gasteiger partial charge in [-0.15, -0.1) is 0 Å². The van der Waals surface area contributed by atoms with Gasteiger partial charge in [0.15, 0.2) is 0 Å². The maximum Gasteiger partial charge on any atom is 0.0649 e. The van der Waals surface area contributed by atoms with E-state index in [1.807, 2.05) is 0 Å². The zero-order chi connectivity index (χ0) is 40.9. The number of ether oxygens (including phenoxy) is 2. The van der Waals surface area contributed by atoms with Crippen LogP contribution in [0.2, 0.25) is 0 Å². The van der Waals surface area contributed by atoms with Crippen LogP contribution in [0.25, 0.3) is 0 Å². The van der Waals surface area contributed by atoms with E-state index in [1.54, 1.807) is 0 Å². The van der Waals surface area contributed by atoms with Crippen LogP contribution in [-0.4, -0.2) is 130 Å². The fourth-order valence-corrected chi connectivity index (χ4v) is 13.0. The van der Waals surface area contributed by atoms with Crippen molar-refractivity contribution in [1.29, 1.82) is 0 Å². The first-order valence-electron chi connectivity index (χ1n) is 24.6. The van der Waals surface area contributed by atoms with E-state index in [-0.39, 0.29) is 109 Å². The van der Waals surface area contributed by atoms with Crippen molar-refractivity contribution < 1.29 is 40.1 Å². The normalized spacial score (nSPS) is 49.3. The summed E-state index contributed by atoms with van der Waals surface area (Å²) in [6, 6.07) is 0. The van der Waals surface area contributed by atoms with Gasteiger partial charge in [0.1, 0.15) is 0 Å². The minimum atomic E-state index is -0.520. The van der Waals surface area contributed by atoms with Crippen molar-refractivity contribution in [1.82, 2.24) is 31.9 Å². The SMILES string of the molecule is OC1CCCCC1C1NC(C2CCCCC2O)NC(C2CCC(OCCCOC3CCC(C4NC(C5CCCCC5O)NC(C5CCCCC5O)N4)C(O)C3)CC2O)N1. The van der Waals surface area contributed by atoms with Gasteiger partial charge in [-0.1, -0.05) is 51.4 Å². The summed E-state index contributed by atoms with van der Waals surface area (Å²) in [6.07, 6.45) is 18.4. The van der Waals surface area contributed by atoms with Gasteiger partial charge >= 0.3 is 0 Å². The second kappa shape index (κ2) is 21.4. The Morgan fingerprint density at radius 3 is 0.814 bits per heavy atom. The molecule has 0 amide bonds. The van der Waals surface area contributed by atoms with Crippen molar-refractivity contribution in [2.45, 2.75) is 234 Å². The second-order valence-electron chi connectivity index (χ2n) is 20.4. The number of aliphatic hydroxyl groups excluding tert-OH is 6. The van der Waals surface area contributed by atoms with Crippen LogP contribution in [0, 0.1) is 35.5 Å². The summed E-state index contributed by atoms with van der Waals surface area (Å²) < 4.78 is 12.7. The zero-order valence-corrected chi connectivity index (χ0v) is 35.7. The minimum absolute atomic E-state index is 0.00534. The summed E-state index contributed by atoms with van der Waals surface area (Å²) >= 11 is 0. The molecule has 6 aliphatic carbocycles. The maximum absolute atomic E-state index is 11.5. The van der Waals surface area contributed by atoms with Crippen molar-refractivity contribution in [3.63, 3.8) is 0 Å². The van der Waals surface area contributed by atoms with E-state index >= 15 is 0 Å². The van der Waals surface area contributed by atoms with E-state index in [0.29, 0.717) is 26.1 Å². The number of hydrogen-bond acceptors (Lipinski definition) is 14. The third-order valence-corrected chi connectivity index (χ3v) is 16.5. The largest absolute Gasteiger partial charge is 0.393 e. The molecule has 18 unspecified atom stereocenters. The van der Waals surface area contributed by atoms with Gasteiger partial charge in [-0.25, -0.2) is 0 Å². The van der Waals surface area contributed by atoms with E-state index < -0.39 is 12.2 Å². The lowest BCUT2D eigenvalue weighted by Crippen LogP contribution is -2.75. The Balaban J connectivity index is 0.773. The fourth-order valence-electron chi connectivity index (χ4n) is 13.0. The van der Waals surface area contributed by atoms with Crippen LogP contribution >= 0.6 is 0 Å². The Morgan fingerprint density at radius 2 is 0.559 bits per heavy atom. The molecule has 340 valence electrons. The molecular weight excluding hydrogens is 753 g/mol. The van der Waals surface area contributed by atoms with E-state index in [1.165, 1.54) is 0 Å². The summed E-state index contributed by atoms with van der Waals surface area (Å²) in [7, 11) is 0. The Kier molecular flexibility index (Phi) is 16.3. The molecule has 6 saturated carbocycles. The van der Waals surface area contributed by atoms with Crippen LogP contribution in [-0.2, 0) is 9.47 Å². The Hall–Kier alpha value is -0.560. The second-order valence-corrected chi connectivity index (χ2v) is 20.4. The molecule has 2 heterocycles. The number of hydrogen-bond donors (Lipinski definition) is 12. The molecule has 59 heavy (non-hydrogen) atoms. The monoisotopic (exact) mass is 835 g/mol. The minimum Gasteiger partial charge on any atom is -0.393 e. The fraction of sp³-hybridized carbons (Fsp3) is 1.00. The molecule has 14 heteroatoms. The summed E-state index contributed by atoms with van der Waals surface area (Å²) in [6.45, 7) is 1.14. The molecule has 18 atom stereocenters. The van der Waals surface area contributed by atoms with Gasteiger partial charge in [-0.3, -0.25) is 31.9 Å². The number of nitrogens with one attached hydrogen (secondary N) is 6. The standard InChI is InChI=1S/C45H82N6O8/c52-34-14-5-1-10-28(34)40-46-41(29-11-2-6-15-35(29)53)49-44(48-40)32-20-18-26(24-38(32)56)58-22-9-23-59-27-19-21-33(39(57)25-27)45-50-42(30-12-3-7-16-36(30)54)47-43(51-45)31-13-4-8-17-37(31)55/h26-57H,1-25H2. The molecule has 0 aromatic carbocycles. The van der Waals surface area contributed by atoms with Gasteiger partial charge in [0.05, 0.1) is 85.8 Å². The lowest BCUT2D eigenvalue weighted by atomic mass is 9.78. The average molecular weight is 835 g/mol. The van der Waals surface area contributed by atoms with Gasteiger partial charge in [-0.05, 0) is 96.3 Å². The van der Waals surface area contributed by atoms with Crippen LogP contribution in [0.15, 0.2) is 0 Å². The Morgan fingerprint density at radius 1 is 0.305 bits per heavy atom. The van der Waals surface area contributed by atoms with E-state index in [9.17, 15) is 30.6 Å². The van der Waals surface area contributed by atoms with Crippen LogP contribution in [0.4, 0.5) is 0 Å². The molecule has 12 N–H and O–H groups in total. The molecule has 8 fully saturated rings. The molecule has 0 radical (unpaired) electrons. The first-order valence-corrected chi connectivity index (χ1v) is 24.6. The van der Waals surface area contributed by atoms with Crippen LogP contribution in [0.5, 0.6) is 0 Å². The molecule has 14 nitrogen and oxygen atoms in total. The van der Waals surface area contributed by atoms with Gasteiger partial charge < -0.3 is 40.1 Å². The Bertz CT molecular complexity index is 1120. The lowest BCUT2D eigenvalue weighted by molar-refractivity contribution is -0.0817. The van der Waals surface area contributed by atoms with Crippen LogP contribution in [0.1, 0.15) is 148 Å². The molecule has 2 aliphatic heterocycles. The summed E-state index contributed by atoms with van der Waals surface area (Å²) in [5.41, 5.74) is 0. The summed E-state index contributed by atoms with van der Waals surface area (Å²) in [5.74, 6) is 0.474. The third kappa shape index (κ3) is 11.2. The number of aliphatic hydroxyl groups is 6. The van der Waals surface area contributed by atoms with E-state index in [0.717, 1.165) is 135 Å². The van der Waals surface area contributed by atoms with Crippen molar-refractivity contribution in [2.75, 3.05) is 13.2 Å². The predicted molar refractivity (Wildman–Crippen MR) is 224 cm³/mol. The van der Waals surface area contributed by atoms with Gasteiger partial charge in [0, 0.05) is 48.7 Å². The quantitative estimate of drug-likeness (QED) is 0.127. The van der Waals surface area contributed by atoms with Gasteiger partial charge in [0.25, 0.3) is 0 Å². The molecule has 0 aromatic heterocycles. The van der Waals surface area contributed by atoms with Gasteiger partial charge in [-0.2, -0.15) is 0 Å². The van der Waals surface area contributed by atoms with E-state index in [4.69, 9.17) is 9.47 Å². The van der Waals surface area contributed by atoms with E-state index in [2.05, 4.69) is 31.9 Å². The first-order chi connectivity index (χ1) is 28.7. The highest BCUT2D eigenvalue weighted by atomic mass is 16.5. The maximum atomic E-state index is 11.5. The molecular formula is C45H82N6O8. The zero-order valence-electron chi connectivity index (χ0n) is 35.7. The highest BCUT2D eigenvalue weighted by Gasteiger charge is 2.47. The van der Waals surface area contributed by atoms with Crippen LogP contribution < -0.4 is 31.9 Å². The average Bonchev–Trinajstić information content (AvgIpc) is 3.24.